The van der Waals surface area contributed by atoms with Crippen LogP contribution in [0.25, 0.3) is 0 Å². The van der Waals surface area contributed by atoms with Crippen molar-refractivity contribution in [2.45, 2.75) is 20.4 Å². The molecule has 0 N–H and O–H groups in total. The zero-order valence-electron chi connectivity index (χ0n) is 9.53. The number of nitrogens with zero attached hydrogens (tertiary/aromatic N) is 1. The Kier molecular flexibility index (Phi) is 8.53. The Balaban J connectivity index is 0.00000196. The molecule has 1 rings (SSSR count). The zero-order chi connectivity index (χ0) is 10.4. The van der Waals surface area contributed by atoms with E-state index in [2.05, 4.69) is 6.08 Å². The minimum Gasteiger partial charge on any atom is -0.313 e. The average molecular weight is 274 g/mol. The Morgan fingerprint density at radius 1 is 1.53 bits per heavy atom. The molecule has 0 amide bonds. The van der Waals surface area contributed by atoms with Crippen LogP contribution in [0.4, 0.5) is 0 Å². The molecule has 0 aliphatic rings. The minimum absolute atomic E-state index is 0. The van der Waals surface area contributed by atoms with Crippen LogP contribution in [-0.4, -0.2) is 4.57 Å². The summed E-state index contributed by atoms with van der Waals surface area (Å²) >= 11 is 0. The number of aromatic nitrogens is 1. The van der Waals surface area contributed by atoms with Gasteiger partial charge in [-0.3, -0.25) is 10.9 Å². The number of hydrogen-bond donors (Lipinski definition) is 0. The fraction of sp³-hybridized carbons (Fsp3) is 0.250. The summed E-state index contributed by atoms with van der Waals surface area (Å²) in [5.41, 5.74) is 1.16. The normalized spacial score (nSPS) is 11.5. The van der Waals surface area contributed by atoms with E-state index >= 15 is 0 Å². The van der Waals surface area contributed by atoms with Gasteiger partial charge in [-0.15, -0.1) is 12.5 Å². The summed E-state index contributed by atoms with van der Waals surface area (Å²) in [7, 11) is 0. The molecule has 1 aromatic rings. The van der Waals surface area contributed by atoms with Crippen LogP contribution in [0, 0.1) is 6.08 Å². The van der Waals surface area contributed by atoms with Crippen molar-refractivity contribution in [3.05, 3.63) is 58.6 Å². The Labute approximate surface area is 139 Å². The van der Waals surface area contributed by atoms with Gasteiger partial charge in [-0.25, -0.2) is 12.2 Å². The summed E-state index contributed by atoms with van der Waals surface area (Å²) in [4.78, 5) is 11.3. The summed E-state index contributed by atoms with van der Waals surface area (Å²) in [6, 6.07) is 5.17. The van der Waals surface area contributed by atoms with Gasteiger partial charge in [0, 0.05) is 18.8 Å². The minimum atomic E-state index is 0. The Morgan fingerprint density at radius 3 is 2.87 bits per heavy atom. The molecule has 0 saturated carbocycles. The van der Waals surface area contributed by atoms with Crippen molar-refractivity contribution in [1.29, 1.82) is 0 Å². The largest absolute Gasteiger partial charge is 1.00 e. The SMILES string of the molecule is C[C-]=C/C=C(\C)Cn1ccccc1=O.[Rb+]. The molecule has 0 radical (unpaired) electrons. The molecule has 0 saturated heterocycles. The third kappa shape index (κ3) is 5.76. The van der Waals surface area contributed by atoms with Crippen LogP contribution in [0.3, 0.4) is 0 Å². The molecule has 0 atom stereocenters. The third-order valence-corrected chi connectivity index (χ3v) is 1.85. The molecule has 2 nitrogen and oxygen atoms in total. The monoisotopic (exact) mass is 273 g/mol. The maximum absolute atomic E-state index is 11.3. The molecule has 0 unspecified atom stereocenters. The van der Waals surface area contributed by atoms with Gasteiger partial charge in [0.05, 0.1) is 0 Å². The predicted octanol–water partition coefficient (Wildman–Crippen LogP) is -0.822. The fourth-order valence-electron chi connectivity index (χ4n) is 1.14. The van der Waals surface area contributed by atoms with Crippen LogP contribution in [0.5, 0.6) is 0 Å². The molecule has 1 heterocycles. The maximum atomic E-state index is 11.3. The van der Waals surface area contributed by atoms with E-state index in [1.54, 1.807) is 22.9 Å². The molecule has 0 spiro atoms. The van der Waals surface area contributed by atoms with Crippen molar-refractivity contribution in [3.8, 4) is 0 Å². The van der Waals surface area contributed by atoms with Gasteiger partial charge >= 0.3 is 58.2 Å². The van der Waals surface area contributed by atoms with Crippen LogP contribution in [0.1, 0.15) is 13.8 Å². The first-order chi connectivity index (χ1) is 6.74. The van der Waals surface area contributed by atoms with Gasteiger partial charge in [0.25, 0.3) is 5.56 Å². The van der Waals surface area contributed by atoms with Gasteiger partial charge < -0.3 is 4.57 Å². The van der Waals surface area contributed by atoms with Gasteiger partial charge in [0.2, 0.25) is 0 Å². The van der Waals surface area contributed by atoms with Crippen LogP contribution < -0.4 is 63.7 Å². The molecule has 1 aromatic heterocycles. The van der Waals surface area contributed by atoms with E-state index in [4.69, 9.17) is 0 Å². The topological polar surface area (TPSA) is 22.0 Å². The number of allylic oxidation sites excluding steroid dienone is 4. The van der Waals surface area contributed by atoms with Crippen molar-refractivity contribution in [2.24, 2.45) is 0 Å². The summed E-state index contributed by atoms with van der Waals surface area (Å²) < 4.78 is 1.68. The van der Waals surface area contributed by atoms with E-state index in [0.29, 0.717) is 6.54 Å². The molecule has 3 heteroatoms. The Hall–Kier alpha value is 0.235. The van der Waals surface area contributed by atoms with Crippen LogP contribution >= 0.6 is 0 Å². The fourth-order valence-corrected chi connectivity index (χ4v) is 1.14. The van der Waals surface area contributed by atoms with Crippen molar-refractivity contribution >= 4 is 0 Å². The molecule has 74 valence electrons. The number of hydrogen-bond acceptors (Lipinski definition) is 1. The Bertz CT molecular complexity index is 404. The van der Waals surface area contributed by atoms with Crippen LogP contribution in [0.15, 0.2) is 46.9 Å². The third-order valence-electron chi connectivity index (χ3n) is 1.85. The van der Waals surface area contributed by atoms with Crippen molar-refractivity contribution < 1.29 is 58.2 Å². The van der Waals surface area contributed by atoms with E-state index in [9.17, 15) is 4.79 Å². The van der Waals surface area contributed by atoms with Crippen molar-refractivity contribution in [3.63, 3.8) is 0 Å². The Morgan fingerprint density at radius 2 is 2.27 bits per heavy atom. The number of pyridine rings is 1. The van der Waals surface area contributed by atoms with Crippen molar-refractivity contribution in [2.75, 3.05) is 0 Å². The average Bonchev–Trinajstić information content (AvgIpc) is 2.18. The van der Waals surface area contributed by atoms with Gasteiger partial charge in [0.1, 0.15) is 0 Å². The van der Waals surface area contributed by atoms with E-state index in [1.165, 1.54) is 0 Å². The van der Waals surface area contributed by atoms with E-state index in [-0.39, 0.29) is 63.7 Å². The summed E-state index contributed by atoms with van der Waals surface area (Å²) in [6.45, 7) is 4.48. The molecule has 0 fully saturated rings. The second-order valence-electron chi connectivity index (χ2n) is 3.14. The molecule has 0 aromatic carbocycles. The maximum Gasteiger partial charge on any atom is 1.00 e. The molecule has 0 bridgehead atoms. The first kappa shape index (κ1) is 15.2. The smallest absolute Gasteiger partial charge is 0.313 e. The molecule has 0 aliphatic carbocycles. The number of rotatable bonds is 3. The van der Waals surface area contributed by atoms with Crippen LogP contribution in [0.2, 0.25) is 0 Å². The van der Waals surface area contributed by atoms with E-state index in [1.807, 2.05) is 32.1 Å². The standard InChI is InChI=1S/C12H14NO.Rb/c1-3-4-7-11(2)10-13-9-6-5-8-12(13)14;/h4-9H,10H2,1-2H3;/q-1;+1/b11-7+;. The summed E-state index contributed by atoms with van der Waals surface area (Å²) in [5.74, 6) is 0. The molecular formula is C12H14NORb. The van der Waals surface area contributed by atoms with E-state index in [0.717, 1.165) is 5.57 Å². The van der Waals surface area contributed by atoms with Crippen LogP contribution in [-0.2, 0) is 6.54 Å². The van der Waals surface area contributed by atoms with Gasteiger partial charge in [-0.05, 0) is 6.07 Å². The first-order valence-corrected chi connectivity index (χ1v) is 4.56. The summed E-state index contributed by atoms with van der Waals surface area (Å²) in [5, 5.41) is 0. The quantitative estimate of drug-likeness (QED) is 0.521. The predicted molar refractivity (Wildman–Crippen MR) is 57.9 cm³/mol. The second-order valence-corrected chi connectivity index (χ2v) is 3.14. The molecule has 0 aliphatic heterocycles. The van der Waals surface area contributed by atoms with Gasteiger partial charge in [-0.1, -0.05) is 13.0 Å². The second kappa shape index (κ2) is 8.39. The molecular weight excluding hydrogens is 260 g/mol. The van der Waals surface area contributed by atoms with Crippen molar-refractivity contribution in [1.82, 2.24) is 4.57 Å². The summed E-state index contributed by atoms with van der Waals surface area (Å²) in [6.07, 6.45) is 8.51. The molecule has 15 heavy (non-hydrogen) atoms. The van der Waals surface area contributed by atoms with E-state index < -0.39 is 0 Å². The van der Waals surface area contributed by atoms with Gasteiger partial charge in [-0.2, -0.15) is 0 Å². The zero-order valence-corrected chi connectivity index (χ0v) is 14.4. The first-order valence-electron chi connectivity index (χ1n) is 4.56. The van der Waals surface area contributed by atoms with Gasteiger partial charge in [0.15, 0.2) is 0 Å².